The summed E-state index contributed by atoms with van der Waals surface area (Å²) in [6, 6.07) is 35.5. The van der Waals surface area contributed by atoms with Crippen molar-refractivity contribution in [3.8, 4) is 74.3 Å². The maximum Gasteiger partial charge on any atom is 0.242 e. The minimum atomic E-state index is -1.96. The Hall–Kier alpha value is -5.73. The summed E-state index contributed by atoms with van der Waals surface area (Å²) >= 11 is 0. The Morgan fingerprint density at radius 3 is 1.00 bits per heavy atom. The number of phenols is 1. The number of hydrogen-bond acceptors (Lipinski definition) is 3. The third kappa shape index (κ3) is 14.4. The highest BCUT2D eigenvalue weighted by Gasteiger charge is 2.33. The van der Waals surface area contributed by atoms with Gasteiger partial charge in [0.1, 0.15) is 17.2 Å². The molecular formula is C71H92O3Si2. The van der Waals surface area contributed by atoms with Crippen LogP contribution in [0.1, 0.15) is 186 Å². The molecule has 0 radical (unpaired) electrons. The second-order valence-electron chi connectivity index (χ2n) is 29.5. The molecule has 0 aliphatic rings. The predicted octanol–water partition coefficient (Wildman–Crippen LogP) is 19.7. The lowest BCUT2D eigenvalue weighted by atomic mass is 9.77. The van der Waals surface area contributed by atoms with Crippen molar-refractivity contribution in [3.05, 3.63) is 158 Å². The zero-order valence-corrected chi connectivity index (χ0v) is 53.5. The lowest BCUT2D eigenvalue weighted by Gasteiger charge is -2.34. The minimum Gasteiger partial charge on any atom is -0.544 e. The highest BCUT2D eigenvalue weighted by atomic mass is 28.4. The molecule has 0 atom stereocenters. The molecule has 5 heteroatoms. The van der Waals surface area contributed by atoms with Crippen molar-refractivity contribution in [2.45, 2.75) is 203 Å². The van der Waals surface area contributed by atoms with Crippen LogP contribution in [0.3, 0.4) is 0 Å². The Bertz CT molecular complexity index is 3160. The highest BCUT2D eigenvalue weighted by Crippen LogP contribution is 2.47. The van der Waals surface area contributed by atoms with Crippen molar-refractivity contribution in [1.29, 1.82) is 0 Å². The average Bonchev–Trinajstić information content (AvgIpc) is 3.25. The topological polar surface area (TPSA) is 38.7 Å². The van der Waals surface area contributed by atoms with Gasteiger partial charge < -0.3 is 14.0 Å². The summed E-state index contributed by atoms with van der Waals surface area (Å²) in [6.45, 7) is 56.1. The fourth-order valence-electron chi connectivity index (χ4n) is 9.49. The van der Waals surface area contributed by atoms with E-state index in [0.717, 1.165) is 78.3 Å². The van der Waals surface area contributed by atoms with E-state index < -0.39 is 16.6 Å². The molecular weight excluding hydrogens is 957 g/mol. The molecule has 6 aromatic carbocycles. The van der Waals surface area contributed by atoms with Gasteiger partial charge in [-0.1, -0.05) is 179 Å². The smallest absolute Gasteiger partial charge is 0.242 e. The molecule has 6 aromatic rings. The first-order valence-corrected chi connectivity index (χ1v) is 34.4. The maximum absolute atomic E-state index is 11.5. The molecule has 0 aliphatic carbocycles. The number of benzene rings is 6. The van der Waals surface area contributed by atoms with Gasteiger partial charge in [0.25, 0.3) is 0 Å². The van der Waals surface area contributed by atoms with Crippen LogP contribution in [-0.2, 0) is 32.5 Å². The second-order valence-corrected chi connectivity index (χ2v) is 38.4. The SMILES string of the molecule is Cc1ccc(-c2cc(C(C)(C)C)c(O)c(C(C)(C)C)c2)cc1C#Cc1ccc(-c2cc(C(C)(C)C)c(O[Si](C)(C)C)c(C(C)(C)C)c2)cc1C#Cc1ccc(-c2cc(C(C)(C)C)c(O[Si](C)(C)C)c(C(C)(C)C)c2)cc1. The zero-order valence-electron chi connectivity index (χ0n) is 51.5. The summed E-state index contributed by atoms with van der Waals surface area (Å²) in [6.07, 6.45) is 0. The van der Waals surface area contributed by atoms with Gasteiger partial charge in [-0.2, -0.15) is 0 Å². The van der Waals surface area contributed by atoms with Gasteiger partial charge in [-0.05, 0) is 207 Å². The summed E-state index contributed by atoms with van der Waals surface area (Å²) in [7, 11) is -3.87. The van der Waals surface area contributed by atoms with Crippen LogP contribution in [0, 0.1) is 30.6 Å². The molecule has 3 nitrogen and oxygen atoms in total. The quantitative estimate of drug-likeness (QED) is 0.128. The minimum absolute atomic E-state index is 0.113. The van der Waals surface area contributed by atoms with E-state index in [2.05, 4.69) is 292 Å². The Labute approximate surface area is 464 Å². The van der Waals surface area contributed by atoms with Gasteiger partial charge in [-0.15, -0.1) is 0 Å². The van der Waals surface area contributed by atoms with Gasteiger partial charge in [0.15, 0.2) is 0 Å². The van der Waals surface area contributed by atoms with Crippen molar-refractivity contribution in [3.63, 3.8) is 0 Å². The molecule has 0 aliphatic heterocycles. The van der Waals surface area contributed by atoms with Crippen molar-refractivity contribution < 1.29 is 14.0 Å². The van der Waals surface area contributed by atoms with E-state index in [-0.39, 0.29) is 32.5 Å². The van der Waals surface area contributed by atoms with Gasteiger partial charge >= 0.3 is 0 Å². The number of rotatable bonds is 7. The second kappa shape index (κ2) is 20.9. The molecule has 0 amide bonds. The van der Waals surface area contributed by atoms with Crippen molar-refractivity contribution in [1.82, 2.24) is 0 Å². The van der Waals surface area contributed by atoms with Crippen LogP contribution >= 0.6 is 0 Å². The van der Waals surface area contributed by atoms with Crippen LogP contribution in [0.15, 0.2) is 97.1 Å². The van der Waals surface area contributed by atoms with Gasteiger partial charge in [-0.25, -0.2) is 0 Å². The van der Waals surface area contributed by atoms with E-state index in [1.54, 1.807) is 0 Å². The van der Waals surface area contributed by atoms with E-state index in [0.29, 0.717) is 5.75 Å². The highest BCUT2D eigenvalue weighted by molar-refractivity contribution is 6.70. The molecule has 0 fully saturated rings. The molecule has 0 spiro atoms. The monoisotopic (exact) mass is 1050 g/mol. The molecule has 1 N–H and O–H groups in total. The predicted molar refractivity (Wildman–Crippen MR) is 334 cm³/mol. The lowest BCUT2D eigenvalue weighted by molar-refractivity contribution is 0.423. The van der Waals surface area contributed by atoms with Crippen LogP contribution in [0.2, 0.25) is 39.3 Å². The summed E-state index contributed by atoms with van der Waals surface area (Å²) in [5, 5.41) is 11.5. The molecule has 0 bridgehead atoms. The van der Waals surface area contributed by atoms with Crippen molar-refractivity contribution >= 4 is 16.6 Å². The summed E-state index contributed by atoms with van der Waals surface area (Å²) in [5.41, 5.74) is 17.1. The maximum atomic E-state index is 11.5. The summed E-state index contributed by atoms with van der Waals surface area (Å²) in [5.74, 6) is 16.9. The van der Waals surface area contributed by atoms with Crippen LogP contribution in [0.25, 0.3) is 33.4 Å². The van der Waals surface area contributed by atoms with Crippen LogP contribution in [-0.4, -0.2) is 21.7 Å². The number of aromatic hydroxyl groups is 1. The van der Waals surface area contributed by atoms with E-state index in [1.807, 2.05) is 0 Å². The zero-order chi connectivity index (χ0) is 57.1. The molecule has 0 heterocycles. The first kappa shape index (κ1) is 59.5. The molecule has 0 unspecified atom stereocenters. The van der Waals surface area contributed by atoms with E-state index in [4.69, 9.17) is 8.85 Å². The summed E-state index contributed by atoms with van der Waals surface area (Å²) in [4.78, 5) is 0. The fourth-order valence-corrected chi connectivity index (χ4v) is 11.2. The standard InChI is InChI=1S/C71H92O3Si2/c1-46-26-30-52(55-40-57(66(2,3)4)63(72)58(41-55)67(5,6)7)38-50(46)36-34-48-35-37-53(56-44-61(70(14,15)16)65(74-76(23,24)25)62(45-56)71(17,18)19)39-51(48)33-29-47-27-31-49(32-28-47)54-42-59(68(8,9)10)64(73-75(20,21)22)60(43-54)69(11,12)13/h26-28,30-32,35,37-45,72H,1-25H3. The van der Waals surface area contributed by atoms with Crippen molar-refractivity contribution in [2.75, 3.05) is 0 Å². The Kier molecular flexibility index (Phi) is 16.4. The third-order valence-corrected chi connectivity index (χ3v) is 15.4. The van der Waals surface area contributed by atoms with Crippen LogP contribution < -0.4 is 8.85 Å². The number of aryl methyl sites for hydroxylation is 1. The van der Waals surface area contributed by atoms with E-state index in [9.17, 15) is 5.11 Å². The normalized spacial score (nSPS) is 12.9. The molecule has 402 valence electrons. The summed E-state index contributed by atoms with van der Waals surface area (Å²) < 4.78 is 13.9. The van der Waals surface area contributed by atoms with Gasteiger partial charge in [0.2, 0.25) is 16.6 Å². The van der Waals surface area contributed by atoms with Crippen LogP contribution in [0.4, 0.5) is 0 Å². The van der Waals surface area contributed by atoms with E-state index >= 15 is 0 Å². The molecule has 6 rings (SSSR count). The third-order valence-electron chi connectivity index (χ3n) is 13.8. The Balaban J connectivity index is 1.54. The first-order chi connectivity index (χ1) is 34.5. The molecule has 0 saturated carbocycles. The van der Waals surface area contributed by atoms with Gasteiger partial charge in [0.05, 0.1) is 0 Å². The Morgan fingerprint density at radius 1 is 0.329 bits per heavy atom. The Morgan fingerprint density at radius 2 is 0.632 bits per heavy atom. The molecule has 0 saturated heterocycles. The number of phenolic OH excluding ortho intramolecular Hbond substituents is 1. The van der Waals surface area contributed by atoms with Gasteiger partial charge in [-0.3, -0.25) is 0 Å². The molecule has 0 aromatic heterocycles. The van der Waals surface area contributed by atoms with Gasteiger partial charge in [0, 0.05) is 33.4 Å². The lowest BCUT2D eigenvalue weighted by Crippen LogP contribution is -2.32. The molecule has 76 heavy (non-hydrogen) atoms. The fraction of sp³-hybridized carbons (Fsp3) is 0.437. The first-order valence-electron chi connectivity index (χ1n) is 27.6. The largest absolute Gasteiger partial charge is 0.544 e. The van der Waals surface area contributed by atoms with Crippen molar-refractivity contribution in [2.24, 2.45) is 0 Å². The number of hydrogen-bond donors (Lipinski definition) is 1. The van der Waals surface area contributed by atoms with E-state index in [1.165, 1.54) is 27.8 Å². The average molecular weight is 1050 g/mol. The van der Waals surface area contributed by atoms with Crippen LogP contribution in [0.5, 0.6) is 17.2 Å².